The summed E-state index contributed by atoms with van der Waals surface area (Å²) in [7, 11) is -1.70. The Morgan fingerprint density at radius 3 is 1.57 bits per heavy atom. The van der Waals surface area contributed by atoms with E-state index in [0.29, 0.717) is 0 Å². The minimum absolute atomic E-state index is 1.43. The molecule has 0 aliphatic carbocycles. The Kier molecular flexibility index (Phi) is 13.6. The molecule has 4 N–H and O–H groups in total. The molecule has 0 atom stereocenters. The highest BCUT2D eigenvalue weighted by Gasteiger charge is 1.61. The van der Waals surface area contributed by atoms with Gasteiger partial charge in [0.2, 0.25) is 0 Å². The van der Waals surface area contributed by atoms with Crippen molar-refractivity contribution in [3.05, 3.63) is 0 Å². The second-order valence-electron chi connectivity index (χ2n) is 0.506. The quantitative estimate of drug-likeness (QED) is 0.247. The first kappa shape index (κ1) is 10.1. The van der Waals surface area contributed by atoms with Gasteiger partial charge in [-0.05, 0) is 0 Å². The zero-order valence-corrected chi connectivity index (χ0v) is 4.75. The van der Waals surface area contributed by atoms with E-state index in [1.807, 2.05) is 0 Å². The van der Waals surface area contributed by atoms with Crippen LogP contribution in [0.1, 0.15) is 0 Å². The zero-order chi connectivity index (χ0) is 6.28. The van der Waals surface area contributed by atoms with Gasteiger partial charge >= 0.3 is 8.25 Å². The summed E-state index contributed by atoms with van der Waals surface area (Å²) in [5, 5.41) is 7.32. The van der Waals surface area contributed by atoms with Crippen LogP contribution >= 0.6 is 8.25 Å². The van der Waals surface area contributed by atoms with E-state index in [9.17, 15) is 0 Å². The molecule has 0 bridgehead atoms. The molecule has 7 heavy (non-hydrogen) atoms. The predicted octanol–water partition coefficient (Wildman–Crippen LogP) is -1.04. The van der Waals surface area contributed by atoms with E-state index in [4.69, 9.17) is 19.6 Å². The van der Waals surface area contributed by atoms with Gasteiger partial charge in [0.05, 0.1) is 0 Å². The molecule has 6 heteroatoms. The Labute approximate surface area is 41.5 Å². The summed E-state index contributed by atoms with van der Waals surface area (Å²) < 4.78 is 8.74. The molecule has 0 aliphatic heterocycles. The molecule has 0 radical (unpaired) electrons. The van der Waals surface area contributed by atoms with E-state index in [2.05, 4.69) is 0 Å². The van der Waals surface area contributed by atoms with Gasteiger partial charge in [0.25, 0.3) is 0 Å². The fraction of sp³-hybridized carbons (Fsp3) is 1.00. The fourth-order valence-corrected chi connectivity index (χ4v) is 0. The van der Waals surface area contributed by atoms with Gasteiger partial charge in [-0.25, -0.2) is 5.48 Å². The molecule has 0 aliphatic rings. The minimum Gasteiger partial charge on any atom is -0.326 e. The fourth-order valence-electron chi connectivity index (χ4n) is 0. The third-order valence-electron chi connectivity index (χ3n) is 0. The highest BCUT2D eigenvalue weighted by molar-refractivity contribution is 7.30. The van der Waals surface area contributed by atoms with Crippen LogP contribution in [0.2, 0.25) is 0 Å². The number of hydrogen-bond acceptors (Lipinski definition) is 3. The summed E-state index contributed by atoms with van der Waals surface area (Å²) >= 11 is 0. The van der Waals surface area contributed by atoms with Crippen LogP contribution in [0.3, 0.4) is 0 Å². The maximum atomic E-state index is 8.74. The van der Waals surface area contributed by atoms with Gasteiger partial charge in [0.15, 0.2) is 0 Å². The highest BCUT2D eigenvalue weighted by atomic mass is 31.1. The van der Waals surface area contributed by atoms with E-state index < -0.39 is 8.25 Å². The number of rotatable bonds is 0. The molecule has 0 aromatic rings. The molecule has 0 aromatic carbocycles. The Balaban J connectivity index is 0. The first-order chi connectivity index (χ1) is 3.15. The van der Waals surface area contributed by atoms with E-state index in [-0.39, 0.29) is 0 Å². The molecule has 0 saturated heterocycles. The van der Waals surface area contributed by atoms with Crippen molar-refractivity contribution in [2.45, 2.75) is 0 Å². The summed E-state index contributed by atoms with van der Waals surface area (Å²) in [6.07, 6.45) is 0. The van der Waals surface area contributed by atoms with Gasteiger partial charge in [-0.15, -0.1) is 0 Å². The Hall–Kier alpha value is 0.0700. The standard InChI is InChI=1S/CH5NO.H3O3P/c1-2-3;1-4(2)3/h2-3H,1H3;4H,(H2,1,2,3). The lowest BCUT2D eigenvalue weighted by molar-refractivity contribution is 0.194. The van der Waals surface area contributed by atoms with Gasteiger partial charge in [-0.2, -0.15) is 0 Å². The summed E-state index contributed by atoms with van der Waals surface area (Å²) in [5.41, 5.74) is 1.75. The van der Waals surface area contributed by atoms with Crippen LogP contribution in [0.4, 0.5) is 0 Å². The van der Waals surface area contributed by atoms with Crippen molar-refractivity contribution in [3.8, 4) is 0 Å². The highest BCUT2D eigenvalue weighted by Crippen LogP contribution is 1.98. The van der Waals surface area contributed by atoms with E-state index in [1.165, 1.54) is 7.05 Å². The molecule has 0 unspecified atom stereocenters. The minimum atomic E-state index is -3.13. The summed E-state index contributed by atoms with van der Waals surface area (Å²) in [6.45, 7) is 0. The molecule has 0 rings (SSSR count). The molecule has 0 saturated carbocycles. The first-order valence-corrected chi connectivity index (χ1v) is 2.68. The molecular formula is CH8NO4P. The van der Waals surface area contributed by atoms with Crippen molar-refractivity contribution in [1.82, 2.24) is 5.48 Å². The van der Waals surface area contributed by atoms with Crippen LogP contribution in [0.15, 0.2) is 0 Å². The van der Waals surface area contributed by atoms with Crippen LogP contribution < -0.4 is 5.48 Å². The summed E-state index contributed by atoms with van der Waals surface area (Å²) in [6, 6.07) is 0. The smallest absolute Gasteiger partial charge is 0.314 e. The summed E-state index contributed by atoms with van der Waals surface area (Å²) in [5.74, 6) is 0. The SMILES string of the molecule is CNO.O=[PH](O)O. The zero-order valence-electron chi connectivity index (χ0n) is 3.75. The number of hydrogen-bond donors (Lipinski definition) is 4. The average molecular weight is 129 g/mol. The molecule has 0 fully saturated rings. The van der Waals surface area contributed by atoms with Gasteiger partial charge in [-0.1, -0.05) is 0 Å². The second kappa shape index (κ2) is 9.42. The maximum absolute atomic E-state index is 8.74. The Bertz CT molecular complexity index is 43.0. The second-order valence-corrected chi connectivity index (χ2v) is 1.07. The molecule has 0 spiro atoms. The van der Waals surface area contributed by atoms with Gasteiger partial charge < -0.3 is 15.0 Å². The lowest BCUT2D eigenvalue weighted by Crippen LogP contribution is -1.91. The van der Waals surface area contributed by atoms with Crippen LogP contribution in [0, 0.1) is 0 Å². The normalized spacial score (nSPS) is 7.57. The number of nitrogens with one attached hydrogen (secondary N) is 1. The molecule has 0 amide bonds. The summed E-state index contributed by atoms with van der Waals surface area (Å²) in [4.78, 5) is 14.3. The van der Waals surface area contributed by atoms with Crippen LogP contribution in [0.5, 0.6) is 0 Å². The molecule has 0 aromatic heterocycles. The predicted molar refractivity (Wildman–Crippen MR) is 24.3 cm³/mol. The monoisotopic (exact) mass is 129 g/mol. The van der Waals surface area contributed by atoms with Crippen LogP contribution in [-0.2, 0) is 4.57 Å². The van der Waals surface area contributed by atoms with Crippen LogP contribution in [0.25, 0.3) is 0 Å². The van der Waals surface area contributed by atoms with Crippen molar-refractivity contribution >= 4 is 8.25 Å². The Morgan fingerprint density at radius 2 is 1.57 bits per heavy atom. The Morgan fingerprint density at radius 1 is 1.57 bits per heavy atom. The molecular weight excluding hydrogens is 121 g/mol. The van der Waals surface area contributed by atoms with E-state index in [0.717, 1.165) is 0 Å². The third-order valence-corrected chi connectivity index (χ3v) is 0. The van der Waals surface area contributed by atoms with Gasteiger partial charge in [0, 0.05) is 7.05 Å². The van der Waals surface area contributed by atoms with Crippen molar-refractivity contribution < 1.29 is 19.6 Å². The van der Waals surface area contributed by atoms with E-state index >= 15 is 0 Å². The molecule has 5 nitrogen and oxygen atoms in total. The van der Waals surface area contributed by atoms with Gasteiger partial charge in [0.1, 0.15) is 0 Å². The topological polar surface area (TPSA) is 89.8 Å². The first-order valence-electron chi connectivity index (χ1n) is 1.37. The van der Waals surface area contributed by atoms with E-state index in [1.54, 1.807) is 5.48 Å². The lowest BCUT2D eigenvalue weighted by atomic mass is 11.6. The van der Waals surface area contributed by atoms with Crippen LogP contribution in [-0.4, -0.2) is 22.0 Å². The van der Waals surface area contributed by atoms with Crippen molar-refractivity contribution in [2.75, 3.05) is 7.05 Å². The average Bonchev–Trinajstić information content (AvgIpc) is 1.33. The van der Waals surface area contributed by atoms with Gasteiger partial charge in [-0.3, -0.25) is 4.57 Å². The lowest BCUT2D eigenvalue weighted by Gasteiger charge is -1.61. The molecule has 0 heterocycles. The maximum Gasteiger partial charge on any atom is 0.314 e. The van der Waals surface area contributed by atoms with Crippen molar-refractivity contribution in [3.63, 3.8) is 0 Å². The number of hydroxylamine groups is 1. The largest absolute Gasteiger partial charge is 0.326 e. The third kappa shape index (κ3) is 20500. The van der Waals surface area contributed by atoms with Crippen molar-refractivity contribution in [2.24, 2.45) is 0 Å². The molecule has 46 valence electrons. The van der Waals surface area contributed by atoms with Crippen molar-refractivity contribution in [1.29, 1.82) is 0 Å².